The predicted molar refractivity (Wildman–Crippen MR) is 58.0 cm³/mol. The zero-order valence-electron chi connectivity index (χ0n) is 8.07. The number of aromatic nitrogens is 1. The maximum atomic E-state index is 11.7. The second-order valence-electron chi connectivity index (χ2n) is 3.06. The highest BCUT2D eigenvalue weighted by Gasteiger charge is 2.38. The SMILES string of the molecule is CSN1C(=O)c2cc(C)nc(Cl)c2C1=O. The van der Waals surface area contributed by atoms with Gasteiger partial charge < -0.3 is 0 Å². The van der Waals surface area contributed by atoms with E-state index in [0.29, 0.717) is 11.3 Å². The van der Waals surface area contributed by atoms with Gasteiger partial charge in [0.05, 0.1) is 11.1 Å². The summed E-state index contributed by atoms with van der Waals surface area (Å²) in [5.41, 5.74) is 1.18. The van der Waals surface area contributed by atoms with Gasteiger partial charge in [-0.25, -0.2) is 9.29 Å². The Balaban J connectivity index is 2.67. The van der Waals surface area contributed by atoms with Crippen LogP contribution in [-0.4, -0.2) is 27.4 Å². The number of rotatable bonds is 1. The second-order valence-corrected chi connectivity index (χ2v) is 4.15. The maximum absolute atomic E-state index is 11.7. The summed E-state index contributed by atoms with van der Waals surface area (Å²) in [7, 11) is 0. The van der Waals surface area contributed by atoms with Gasteiger partial charge in [-0.05, 0) is 24.9 Å². The second kappa shape index (κ2) is 3.50. The lowest BCUT2D eigenvalue weighted by atomic mass is 10.1. The Bertz CT molecular complexity index is 475. The zero-order chi connectivity index (χ0) is 11.2. The van der Waals surface area contributed by atoms with Crippen LogP contribution in [0, 0.1) is 6.92 Å². The van der Waals surface area contributed by atoms with E-state index in [1.807, 2.05) is 0 Å². The zero-order valence-corrected chi connectivity index (χ0v) is 9.65. The molecule has 2 amide bonds. The van der Waals surface area contributed by atoms with Crippen molar-refractivity contribution in [1.29, 1.82) is 0 Å². The summed E-state index contributed by atoms with van der Waals surface area (Å²) in [6.07, 6.45) is 1.66. The maximum Gasteiger partial charge on any atom is 0.274 e. The van der Waals surface area contributed by atoms with Gasteiger partial charge in [0.2, 0.25) is 0 Å². The van der Waals surface area contributed by atoms with Gasteiger partial charge in [0, 0.05) is 11.9 Å². The molecular weight excluding hydrogens is 236 g/mol. The van der Waals surface area contributed by atoms with E-state index < -0.39 is 0 Å². The molecule has 1 aromatic rings. The lowest BCUT2D eigenvalue weighted by Crippen LogP contribution is -2.21. The number of nitrogens with zero attached hydrogens (tertiary/aromatic N) is 2. The molecule has 4 nitrogen and oxygen atoms in total. The number of aryl methyl sites for hydroxylation is 1. The van der Waals surface area contributed by atoms with Gasteiger partial charge >= 0.3 is 0 Å². The Labute approximate surface area is 95.7 Å². The quantitative estimate of drug-likeness (QED) is 0.429. The fourth-order valence-corrected chi connectivity index (χ4v) is 2.31. The molecule has 0 aliphatic carbocycles. The number of fused-ring (bicyclic) bond motifs is 1. The smallest absolute Gasteiger partial charge is 0.268 e. The van der Waals surface area contributed by atoms with Crippen molar-refractivity contribution in [1.82, 2.24) is 9.29 Å². The summed E-state index contributed by atoms with van der Waals surface area (Å²) in [4.78, 5) is 27.4. The van der Waals surface area contributed by atoms with Gasteiger partial charge in [0.15, 0.2) is 0 Å². The molecule has 1 aromatic heterocycles. The highest BCUT2D eigenvalue weighted by Crippen LogP contribution is 2.31. The molecule has 0 bridgehead atoms. The van der Waals surface area contributed by atoms with Gasteiger partial charge in [-0.2, -0.15) is 0 Å². The molecule has 0 spiro atoms. The van der Waals surface area contributed by atoms with E-state index in [9.17, 15) is 9.59 Å². The number of pyridine rings is 1. The van der Waals surface area contributed by atoms with Crippen LogP contribution in [0.15, 0.2) is 6.07 Å². The number of hydrogen-bond donors (Lipinski definition) is 0. The fraction of sp³-hybridized carbons (Fsp3) is 0.222. The normalized spacial score (nSPS) is 14.7. The Morgan fingerprint density at radius 2 is 2.07 bits per heavy atom. The van der Waals surface area contributed by atoms with Crippen LogP contribution in [-0.2, 0) is 0 Å². The topological polar surface area (TPSA) is 50.3 Å². The minimum absolute atomic E-state index is 0.0971. The average Bonchev–Trinajstić information content (AvgIpc) is 2.39. The molecule has 0 fully saturated rings. The van der Waals surface area contributed by atoms with E-state index in [0.717, 1.165) is 16.3 Å². The van der Waals surface area contributed by atoms with Crippen LogP contribution in [0.3, 0.4) is 0 Å². The number of carbonyl (C=O) groups excluding carboxylic acids is 2. The van der Waals surface area contributed by atoms with Crippen LogP contribution in [0.2, 0.25) is 5.15 Å². The first kappa shape index (κ1) is 10.4. The summed E-state index contributed by atoms with van der Waals surface area (Å²) in [6.45, 7) is 1.73. The molecular formula is C9H7ClN2O2S. The standard InChI is InChI=1S/C9H7ClN2O2S/c1-4-3-5-6(7(10)11-4)9(14)12(15-2)8(5)13/h3H,1-2H3. The summed E-state index contributed by atoms with van der Waals surface area (Å²) >= 11 is 6.90. The molecule has 0 aromatic carbocycles. The number of amides is 2. The van der Waals surface area contributed by atoms with E-state index in [1.165, 1.54) is 0 Å². The molecule has 0 saturated heterocycles. The fourth-order valence-electron chi connectivity index (χ4n) is 1.48. The molecule has 0 N–H and O–H groups in total. The lowest BCUT2D eigenvalue weighted by Gasteiger charge is -2.06. The van der Waals surface area contributed by atoms with Gasteiger partial charge in [-0.15, -0.1) is 0 Å². The molecule has 2 rings (SSSR count). The Morgan fingerprint density at radius 3 is 2.67 bits per heavy atom. The molecule has 78 valence electrons. The van der Waals surface area contributed by atoms with Crippen molar-refractivity contribution in [3.05, 3.63) is 28.0 Å². The molecule has 2 heterocycles. The van der Waals surface area contributed by atoms with Crippen LogP contribution in [0.4, 0.5) is 0 Å². The van der Waals surface area contributed by atoms with Gasteiger partial charge in [-0.1, -0.05) is 11.6 Å². The number of hydrogen-bond acceptors (Lipinski definition) is 4. The summed E-state index contributed by atoms with van der Waals surface area (Å²) < 4.78 is 1.08. The van der Waals surface area contributed by atoms with Crippen molar-refractivity contribution < 1.29 is 9.59 Å². The first-order valence-electron chi connectivity index (χ1n) is 4.16. The molecule has 0 unspecified atom stereocenters. The number of halogens is 1. The average molecular weight is 243 g/mol. The largest absolute Gasteiger partial charge is 0.274 e. The van der Waals surface area contributed by atoms with E-state index in [4.69, 9.17) is 11.6 Å². The van der Waals surface area contributed by atoms with Crippen LogP contribution < -0.4 is 0 Å². The van der Waals surface area contributed by atoms with Crippen molar-refractivity contribution in [2.24, 2.45) is 0 Å². The third-order valence-electron chi connectivity index (χ3n) is 2.10. The van der Waals surface area contributed by atoms with Crippen LogP contribution >= 0.6 is 23.5 Å². The highest BCUT2D eigenvalue weighted by molar-refractivity contribution is 7.97. The minimum atomic E-state index is -0.389. The van der Waals surface area contributed by atoms with E-state index in [2.05, 4.69) is 4.98 Å². The van der Waals surface area contributed by atoms with Gasteiger partial charge in [0.25, 0.3) is 11.8 Å². The Morgan fingerprint density at radius 1 is 1.40 bits per heavy atom. The van der Waals surface area contributed by atoms with E-state index in [1.54, 1.807) is 19.2 Å². The summed E-state index contributed by atoms with van der Waals surface area (Å²) in [5, 5.41) is 0.0971. The summed E-state index contributed by atoms with van der Waals surface area (Å²) in [5.74, 6) is -0.713. The lowest BCUT2D eigenvalue weighted by molar-refractivity contribution is 0.0777. The Kier molecular flexibility index (Phi) is 2.44. The van der Waals surface area contributed by atoms with Crippen molar-refractivity contribution in [3.8, 4) is 0 Å². The first-order chi connectivity index (χ1) is 7.06. The molecule has 15 heavy (non-hydrogen) atoms. The third-order valence-corrected chi connectivity index (χ3v) is 3.07. The predicted octanol–water partition coefficient (Wildman–Crippen LogP) is 1.92. The van der Waals surface area contributed by atoms with Crippen LogP contribution in [0.5, 0.6) is 0 Å². The van der Waals surface area contributed by atoms with Gasteiger partial charge in [0.1, 0.15) is 5.15 Å². The minimum Gasteiger partial charge on any atom is -0.268 e. The molecule has 0 radical (unpaired) electrons. The Hall–Kier alpha value is -1.07. The van der Waals surface area contributed by atoms with E-state index >= 15 is 0 Å². The highest BCUT2D eigenvalue weighted by atomic mass is 35.5. The molecule has 0 atom stereocenters. The van der Waals surface area contributed by atoms with Crippen molar-refractivity contribution in [3.63, 3.8) is 0 Å². The number of imide groups is 1. The molecule has 1 aliphatic rings. The molecule has 6 heteroatoms. The van der Waals surface area contributed by atoms with Gasteiger partial charge in [-0.3, -0.25) is 9.59 Å². The monoisotopic (exact) mass is 242 g/mol. The molecule has 1 aliphatic heterocycles. The number of carbonyl (C=O) groups is 2. The van der Waals surface area contributed by atoms with Crippen LogP contribution in [0.25, 0.3) is 0 Å². The third kappa shape index (κ3) is 1.42. The van der Waals surface area contributed by atoms with Crippen molar-refractivity contribution >= 4 is 35.4 Å². The van der Waals surface area contributed by atoms with Crippen molar-refractivity contribution in [2.75, 3.05) is 6.26 Å². The molecule has 0 saturated carbocycles. The first-order valence-corrected chi connectivity index (χ1v) is 5.72. The van der Waals surface area contributed by atoms with E-state index in [-0.39, 0.29) is 22.5 Å². The van der Waals surface area contributed by atoms with Crippen LogP contribution in [0.1, 0.15) is 26.4 Å². The summed E-state index contributed by atoms with van der Waals surface area (Å²) in [6, 6.07) is 1.58. The van der Waals surface area contributed by atoms with Crippen molar-refractivity contribution in [2.45, 2.75) is 6.92 Å².